The molecule has 0 bridgehead atoms. The van der Waals surface area contributed by atoms with Gasteiger partial charge in [0.2, 0.25) is 0 Å². The van der Waals surface area contributed by atoms with Crippen molar-refractivity contribution < 1.29 is 16.8 Å². The number of aryl methyl sites for hydroxylation is 2. The van der Waals surface area contributed by atoms with Gasteiger partial charge in [-0.1, -0.05) is 31.0 Å². The highest BCUT2D eigenvalue weighted by Gasteiger charge is 2.36. The molecule has 0 spiro atoms. The highest BCUT2D eigenvalue weighted by Crippen LogP contribution is 2.29. The standard InChI is InChI=1S/C18H27N5O4S2/c1-14-9-10-16(11-15(14)2)12-22(17-7-5-6-8-17)28(24,25)18-19-13-23(20-18)29(26,27)21(3)4/h9-11,13,17H,5-8,12H2,1-4H3. The predicted molar refractivity (Wildman–Crippen MR) is 109 cm³/mol. The Bertz CT molecular complexity index is 1090. The Kier molecular flexibility index (Phi) is 6.13. The van der Waals surface area contributed by atoms with Gasteiger partial charge in [0, 0.05) is 26.7 Å². The summed E-state index contributed by atoms with van der Waals surface area (Å²) in [5.41, 5.74) is 3.10. The molecule has 1 aliphatic rings. The van der Waals surface area contributed by atoms with Crippen LogP contribution in [-0.4, -0.2) is 59.8 Å². The van der Waals surface area contributed by atoms with E-state index < -0.39 is 25.4 Å². The van der Waals surface area contributed by atoms with Gasteiger partial charge < -0.3 is 0 Å². The maximum atomic E-state index is 13.4. The Labute approximate surface area is 172 Å². The second-order valence-electron chi connectivity index (χ2n) is 7.60. The third kappa shape index (κ3) is 4.37. The van der Waals surface area contributed by atoms with Crippen molar-refractivity contribution in [3.05, 3.63) is 41.2 Å². The molecule has 0 N–H and O–H groups in total. The van der Waals surface area contributed by atoms with Crippen molar-refractivity contribution in [2.45, 2.75) is 57.3 Å². The summed E-state index contributed by atoms with van der Waals surface area (Å²) in [6.45, 7) is 4.19. The minimum absolute atomic E-state index is 0.154. The zero-order valence-electron chi connectivity index (χ0n) is 17.1. The van der Waals surface area contributed by atoms with Crippen LogP contribution in [0.25, 0.3) is 0 Å². The molecule has 0 atom stereocenters. The summed E-state index contributed by atoms with van der Waals surface area (Å²) in [4.78, 5) is 3.82. The van der Waals surface area contributed by atoms with E-state index in [1.165, 1.54) is 18.4 Å². The number of hydrogen-bond donors (Lipinski definition) is 0. The van der Waals surface area contributed by atoms with Crippen LogP contribution in [0.1, 0.15) is 42.4 Å². The Balaban J connectivity index is 1.98. The van der Waals surface area contributed by atoms with Crippen molar-refractivity contribution in [2.75, 3.05) is 14.1 Å². The van der Waals surface area contributed by atoms with Crippen molar-refractivity contribution in [2.24, 2.45) is 0 Å². The number of hydrogen-bond acceptors (Lipinski definition) is 6. The summed E-state index contributed by atoms with van der Waals surface area (Å²) >= 11 is 0. The highest BCUT2D eigenvalue weighted by atomic mass is 32.2. The van der Waals surface area contributed by atoms with Crippen molar-refractivity contribution in [3.63, 3.8) is 0 Å². The first-order chi connectivity index (χ1) is 13.5. The molecular formula is C18H27N5O4S2. The fourth-order valence-electron chi connectivity index (χ4n) is 3.42. The molecule has 29 heavy (non-hydrogen) atoms. The average molecular weight is 442 g/mol. The second kappa shape index (κ2) is 8.13. The van der Waals surface area contributed by atoms with Gasteiger partial charge in [-0.15, -0.1) is 9.19 Å². The van der Waals surface area contributed by atoms with E-state index in [2.05, 4.69) is 10.1 Å². The molecule has 1 aromatic heterocycles. The molecule has 11 heteroatoms. The Morgan fingerprint density at radius 1 is 1.07 bits per heavy atom. The number of sulfonamides is 1. The molecule has 1 saturated carbocycles. The molecule has 0 aliphatic heterocycles. The summed E-state index contributed by atoms with van der Waals surface area (Å²) in [6, 6.07) is 5.72. The Hall–Kier alpha value is -1.82. The molecule has 1 aromatic carbocycles. The van der Waals surface area contributed by atoms with Gasteiger partial charge in [0.15, 0.2) is 0 Å². The third-order valence-corrected chi connectivity index (χ3v) is 8.59. The average Bonchev–Trinajstić information content (AvgIpc) is 3.34. The SMILES string of the molecule is Cc1ccc(CN(C2CCCC2)S(=O)(=O)c2ncn(S(=O)(=O)N(C)C)n2)cc1C. The summed E-state index contributed by atoms with van der Waals surface area (Å²) < 4.78 is 54.2. The fraction of sp³-hybridized carbons (Fsp3) is 0.556. The maximum Gasteiger partial charge on any atom is 0.323 e. The summed E-state index contributed by atoms with van der Waals surface area (Å²) in [6.07, 6.45) is 4.37. The van der Waals surface area contributed by atoms with Gasteiger partial charge in [0.1, 0.15) is 6.33 Å². The van der Waals surface area contributed by atoms with E-state index in [4.69, 9.17) is 0 Å². The number of benzene rings is 1. The summed E-state index contributed by atoms with van der Waals surface area (Å²) in [5, 5.41) is 3.29. The van der Waals surface area contributed by atoms with Crippen LogP contribution in [0.5, 0.6) is 0 Å². The lowest BCUT2D eigenvalue weighted by Gasteiger charge is -2.27. The van der Waals surface area contributed by atoms with Crippen LogP contribution < -0.4 is 0 Å². The Morgan fingerprint density at radius 3 is 2.31 bits per heavy atom. The first kappa shape index (κ1) is 21.9. The van der Waals surface area contributed by atoms with Gasteiger partial charge in [-0.05, 0) is 43.4 Å². The zero-order valence-corrected chi connectivity index (χ0v) is 18.7. The van der Waals surface area contributed by atoms with Crippen LogP contribution in [0.3, 0.4) is 0 Å². The van der Waals surface area contributed by atoms with Gasteiger partial charge in [-0.3, -0.25) is 0 Å². The van der Waals surface area contributed by atoms with Crippen LogP contribution in [0.15, 0.2) is 29.7 Å². The van der Waals surface area contributed by atoms with Crippen LogP contribution in [0, 0.1) is 13.8 Å². The molecule has 0 amide bonds. The summed E-state index contributed by atoms with van der Waals surface area (Å²) in [5.74, 6) is 0. The molecule has 0 unspecified atom stereocenters. The summed E-state index contributed by atoms with van der Waals surface area (Å²) in [7, 11) is -5.31. The van der Waals surface area contributed by atoms with Crippen molar-refractivity contribution in [1.82, 2.24) is 22.8 Å². The van der Waals surface area contributed by atoms with E-state index in [-0.39, 0.29) is 12.6 Å². The maximum absolute atomic E-state index is 13.4. The number of nitrogens with zero attached hydrogens (tertiary/aromatic N) is 5. The van der Waals surface area contributed by atoms with E-state index >= 15 is 0 Å². The van der Waals surface area contributed by atoms with Crippen LogP contribution in [0.4, 0.5) is 0 Å². The molecule has 1 heterocycles. The van der Waals surface area contributed by atoms with Crippen LogP contribution in [-0.2, 0) is 26.8 Å². The van der Waals surface area contributed by atoms with E-state index in [0.29, 0.717) is 4.09 Å². The third-order valence-electron chi connectivity index (χ3n) is 5.33. The van der Waals surface area contributed by atoms with E-state index in [9.17, 15) is 16.8 Å². The molecule has 0 radical (unpaired) electrons. The van der Waals surface area contributed by atoms with Gasteiger partial charge in [-0.25, -0.2) is 13.4 Å². The molecule has 1 aliphatic carbocycles. The first-order valence-electron chi connectivity index (χ1n) is 9.46. The lowest BCUT2D eigenvalue weighted by atomic mass is 10.1. The van der Waals surface area contributed by atoms with Crippen molar-refractivity contribution >= 4 is 20.2 Å². The lowest BCUT2D eigenvalue weighted by Crippen LogP contribution is -2.39. The molecule has 9 nitrogen and oxygen atoms in total. The Morgan fingerprint density at radius 2 is 1.72 bits per heavy atom. The predicted octanol–water partition coefficient (Wildman–Crippen LogP) is 1.68. The zero-order chi connectivity index (χ0) is 21.4. The first-order valence-corrected chi connectivity index (χ1v) is 12.3. The van der Waals surface area contributed by atoms with E-state index in [1.807, 2.05) is 32.0 Å². The topological polar surface area (TPSA) is 105 Å². The van der Waals surface area contributed by atoms with Crippen LogP contribution in [0.2, 0.25) is 0 Å². The second-order valence-corrected chi connectivity index (χ2v) is 11.4. The quantitative estimate of drug-likeness (QED) is 0.647. The largest absolute Gasteiger partial charge is 0.323 e. The lowest BCUT2D eigenvalue weighted by molar-refractivity contribution is 0.313. The van der Waals surface area contributed by atoms with Gasteiger partial charge in [0.05, 0.1) is 0 Å². The molecule has 0 saturated heterocycles. The minimum atomic E-state index is -4.06. The van der Waals surface area contributed by atoms with E-state index in [1.54, 1.807) is 0 Å². The molecule has 1 fully saturated rings. The van der Waals surface area contributed by atoms with Crippen molar-refractivity contribution in [3.8, 4) is 0 Å². The fourth-order valence-corrected chi connectivity index (χ4v) is 5.66. The number of aromatic nitrogens is 3. The number of rotatable bonds is 7. The van der Waals surface area contributed by atoms with Crippen LogP contribution >= 0.6 is 0 Å². The molecule has 160 valence electrons. The molecule has 2 aromatic rings. The van der Waals surface area contributed by atoms with Crippen molar-refractivity contribution in [1.29, 1.82) is 0 Å². The van der Waals surface area contributed by atoms with Gasteiger partial charge >= 0.3 is 10.2 Å². The van der Waals surface area contributed by atoms with Gasteiger partial charge in [-0.2, -0.15) is 17.0 Å². The van der Waals surface area contributed by atoms with E-state index in [0.717, 1.165) is 53.0 Å². The highest BCUT2D eigenvalue weighted by molar-refractivity contribution is 7.89. The smallest absolute Gasteiger partial charge is 0.203 e. The normalized spacial score (nSPS) is 16.2. The molecular weight excluding hydrogens is 414 g/mol. The monoisotopic (exact) mass is 441 g/mol. The molecule has 3 rings (SSSR count). The van der Waals surface area contributed by atoms with Gasteiger partial charge in [0.25, 0.3) is 15.2 Å². The minimum Gasteiger partial charge on any atom is -0.203 e.